The van der Waals surface area contributed by atoms with Crippen molar-refractivity contribution >= 4 is 21.9 Å². The molecule has 0 saturated carbocycles. The van der Waals surface area contributed by atoms with Gasteiger partial charge >= 0.3 is 0 Å². The van der Waals surface area contributed by atoms with Crippen molar-refractivity contribution in [3.05, 3.63) is 170 Å². The summed E-state index contributed by atoms with van der Waals surface area (Å²) in [6, 6.07) is 60.5. The van der Waals surface area contributed by atoms with E-state index in [-0.39, 0.29) is 0 Å². The monoisotopic (exact) mass is 548 g/mol. The Morgan fingerprint density at radius 1 is 0.279 bits per heavy atom. The van der Waals surface area contributed by atoms with Gasteiger partial charge in [-0.15, -0.1) is 0 Å². The van der Waals surface area contributed by atoms with Gasteiger partial charge in [0, 0.05) is 10.8 Å². The number of para-hydroxylation sites is 1. The number of furan rings is 1. The molecule has 0 atom stereocenters. The molecule has 0 aliphatic heterocycles. The van der Waals surface area contributed by atoms with E-state index in [1.807, 2.05) is 12.1 Å². The maximum Gasteiger partial charge on any atom is 0.136 e. The third-order valence-electron chi connectivity index (χ3n) is 8.25. The van der Waals surface area contributed by atoms with E-state index < -0.39 is 0 Å². The first kappa shape index (κ1) is 25.1. The average Bonchev–Trinajstić information content (AvgIpc) is 3.48. The van der Waals surface area contributed by atoms with E-state index in [0.717, 1.165) is 21.9 Å². The molecule has 8 aromatic rings. The molecule has 0 fully saturated rings. The van der Waals surface area contributed by atoms with Crippen molar-refractivity contribution < 1.29 is 4.42 Å². The molecule has 1 heterocycles. The van der Waals surface area contributed by atoms with Crippen molar-refractivity contribution in [3.63, 3.8) is 0 Å². The van der Waals surface area contributed by atoms with E-state index in [4.69, 9.17) is 4.42 Å². The van der Waals surface area contributed by atoms with Crippen molar-refractivity contribution in [3.8, 4) is 55.6 Å². The Bertz CT molecular complexity index is 2120. The molecule has 0 spiro atoms. The van der Waals surface area contributed by atoms with E-state index in [1.165, 1.54) is 55.6 Å². The van der Waals surface area contributed by atoms with Gasteiger partial charge in [0.15, 0.2) is 0 Å². The van der Waals surface area contributed by atoms with Crippen LogP contribution in [0.1, 0.15) is 0 Å². The summed E-state index contributed by atoms with van der Waals surface area (Å²) >= 11 is 0. The van der Waals surface area contributed by atoms with Gasteiger partial charge in [0.05, 0.1) is 0 Å². The minimum absolute atomic E-state index is 0.905. The molecule has 0 saturated heterocycles. The van der Waals surface area contributed by atoms with Gasteiger partial charge in [-0.2, -0.15) is 0 Å². The Labute approximate surface area is 251 Å². The molecule has 0 radical (unpaired) electrons. The first-order valence-electron chi connectivity index (χ1n) is 14.7. The first-order valence-corrected chi connectivity index (χ1v) is 14.7. The summed E-state index contributed by atoms with van der Waals surface area (Å²) in [5, 5.41) is 2.29. The minimum Gasteiger partial charge on any atom is -0.456 e. The first-order chi connectivity index (χ1) is 21.3. The van der Waals surface area contributed by atoms with Crippen LogP contribution in [0.25, 0.3) is 77.6 Å². The van der Waals surface area contributed by atoms with E-state index >= 15 is 0 Å². The minimum atomic E-state index is 0.905. The van der Waals surface area contributed by atoms with Gasteiger partial charge in [-0.05, 0) is 98.1 Å². The molecule has 8 rings (SSSR count). The van der Waals surface area contributed by atoms with Gasteiger partial charge in [0.1, 0.15) is 11.2 Å². The lowest BCUT2D eigenvalue weighted by Crippen LogP contribution is -1.88. The van der Waals surface area contributed by atoms with Gasteiger partial charge in [0.25, 0.3) is 0 Å². The van der Waals surface area contributed by atoms with Crippen LogP contribution >= 0.6 is 0 Å². The highest BCUT2D eigenvalue weighted by Crippen LogP contribution is 2.40. The number of hydrogen-bond acceptors (Lipinski definition) is 1. The van der Waals surface area contributed by atoms with Crippen molar-refractivity contribution in [2.75, 3.05) is 0 Å². The van der Waals surface area contributed by atoms with Crippen LogP contribution in [-0.2, 0) is 0 Å². The van der Waals surface area contributed by atoms with Gasteiger partial charge in [-0.1, -0.05) is 127 Å². The number of fused-ring (bicyclic) bond motifs is 3. The molecule has 0 aliphatic carbocycles. The molecule has 0 aliphatic rings. The third-order valence-corrected chi connectivity index (χ3v) is 8.25. The maximum atomic E-state index is 6.27. The summed E-state index contributed by atoms with van der Waals surface area (Å²) in [4.78, 5) is 0. The van der Waals surface area contributed by atoms with E-state index in [2.05, 4.69) is 158 Å². The maximum absolute atomic E-state index is 6.27. The highest BCUT2D eigenvalue weighted by atomic mass is 16.3. The molecule has 1 aromatic heterocycles. The van der Waals surface area contributed by atoms with E-state index in [9.17, 15) is 0 Å². The van der Waals surface area contributed by atoms with Crippen LogP contribution in [0, 0.1) is 0 Å². The molecule has 0 bridgehead atoms. The van der Waals surface area contributed by atoms with Gasteiger partial charge in [0.2, 0.25) is 0 Å². The summed E-state index contributed by atoms with van der Waals surface area (Å²) < 4.78 is 6.27. The highest BCUT2D eigenvalue weighted by molar-refractivity contribution is 6.12. The van der Waals surface area contributed by atoms with Crippen molar-refractivity contribution in [2.45, 2.75) is 0 Å². The fourth-order valence-electron chi connectivity index (χ4n) is 6.15. The molecule has 7 aromatic carbocycles. The Hall–Kier alpha value is -5.66. The molecule has 0 N–H and O–H groups in total. The zero-order chi connectivity index (χ0) is 28.6. The largest absolute Gasteiger partial charge is 0.456 e. The predicted molar refractivity (Wildman–Crippen MR) is 181 cm³/mol. The van der Waals surface area contributed by atoms with E-state index in [1.54, 1.807) is 0 Å². The molecule has 1 nitrogen and oxygen atoms in total. The third kappa shape index (κ3) is 4.71. The summed E-state index contributed by atoms with van der Waals surface area (Å²) in [5.74, 6) is 0. The van der Waals surface area contributed by atoms with Crippen LogP contribution in [0.3, 0.4) is 0 Å². The van der Waals surface area contributed by atoms with Gasteiger partial charge < -0.3 is 4.42 Å². The zero-order valence-corrected chi connectivity index (χ0v) is 23.6. The van der Waals surface area contributed by atoms with Crippen molar-refractivity contribution in [1.29, 1.82) is 0 Å². The van der Waals surface area contributed by atoms with Gasteiger partial charge in [-0.3, -0.25) is 0 Å². The van der Waals surface area contributed by atoms with Crippen LogP contribution in [0.4, 0.5) is 0 Å². The molecule has 1 heteroatoms. The standard InChI is InChI=1S/C42H28O/c1-3-12-29(13-4-1)31-16-9-18-33(24-31)35-26-36(34-19-10-17-32(25-34)30-14-5-2-6-15-30)28-37(27-35)38-21-11-23-41-42(38)39-20-7-8-22-40(39)43-41/h1-28H. The smallest absolute Gasteiger partial charge is 0.136 e. The zero-order valence-electron chi connectivity index (χ0n) is 23.6. The van der Waals surface area contributed by atoms with Crippen molar-refractivity contribution in [2.24, 2.45) is 0 Å². The Balaban J connectivity index is 1.35. The fourth-order valence-corrected chi connectivity index (χ4v) is 6.15. The predicted octanol–water partition coefficient (Wildman–Crippen LogP) is 11.9. The van der Waals surface area contributed by atoms with Gasteiger partial charge in [-0.25, -0.2) is 0 Å². The second-order valence-electron chi connectivity index (χ2n) is 11.0. The lowest BCUT2D eigenvalue weighted by atomic mass is 9.90. The lowest BCUT2D eigenvalue weighted by Gasteiger charge is -2.14. The average molecular weight is 549 g/mol. The van der Waals surface area contributed by atoms with Crippen LogP contribution in [0.5, 0.6) is 0 Å². The summed E-state index contributed by atoms with van der Waals surface area (Å²) in [6.07, 6.45) is 0. The SMILES string of the molecule is c1ccc(-c2cccc(-c3cc(-c4cccc(-c5ccccc5)c4)cc(-c4cccc5oc6ccccc6c45)c3)c2)cc1. The molecular formula is C42H28O. The van der Waals surface area contributed by atoms with Crippen LogP contribution in [0.2, 0.25) is 0 Å². The molecule has 0 amide bonds. The normalized spacial score (nSPS) is 11.3. The van der Waals surface area contributed by atoms with Crippen molar-refractivity contribution in [1.82, 2.24) is 0 Å². The topological polar surface area (TPSA) is 13.1 Å². The Morgan fingerprint density at radius 2 is 0.698 bits per heavy atom. The summed E-state index contributed by atoms with van der Waals surface area (Å²) in [7, 11) is 0. The molecule has 43 heavy (non-hydrogen) atoms. The lowest BCUT2D eigenvalue weighted by molar-refractivity contribution is 0.669. The Morgan fingerprint density at radius 3 is 1.30 bits per heavy atom. The highest BCUT2D eigenvalue weighted by Gasteiger charge is 2.15. The number of hydrogen-bond donors (Lipinski definition) is 0. The quantitative estimate of drug-likeness (QED) is 0.208. The molecular weight excluding hydrogens is 520 g/mol. The summed E-state index contributed by atoms with van der Waals surface area (Å²) in [5.41, 5.74) is 13.7. The molecule has 202 valence electrons. The number of benzene rings is 7. The van der Waals surface area contributed by atoms with Crippen LogP contribution in [0.15, 0.2) is 174 Å². The summed E-state index contributed by atoms with van der Waals surface area (Å²) in [6.45, 7) is 0. The second-order valence-corrected chi connectivity index (χ2v) is 11.0. The molecule has 0 unspecified atom stereocenters. The van der Waals surface area contributed by atoms with Crippen LogP contribution < -0.4 is 0 Å². The van der Waals surface area contributed by atoms with E-state index in [0.29, 0.717) is 0 Å². The number of rotatable bonds is 5. The van der Waals surface area contributed by atoms with Crippen LogP contribution in [-0.4, -0.2) is 0 Å². The fraction of sp³-hybridized carbons (Fsp3) is 0. The Kier molecular flexibility index (Phi) is 6.20. The second kappa shape index (κ2) is 10.6.